The minimum absolute atomic E-state index is 0.0815. The van der Waals surface area contributed by atoms with Crippen molar-refractivity contribution >= 4 is 17.5 Å². The van der Waals surface area contributed by atoms with Crippen molar-refractivity contribution in [1.82, 2.24) is 20.4 Å². The highest BCUT2D eigenvalue weighted by molar-refractivity contribution is 6.00. The number of hydrogen-bond acceptors (Lipinski definition) is 5. The van der Waals surface area contributed by atoms with Crippen LogP contribution in [0.3, 0.4) is 0 Å². The molecule has 0 aromatic carbocycles. The second-order valence-corrected chi connectivity index (χ2v) is 6.07. The quantitative estimate of drug-likeness (QED) is 0.777. The van der Waals surface area contributed by atoms with Gasteiger partial charge in [0.2, 0.25) is 11.8 Å². The average molecular weight is 321 g/mol. The molecule has 3 rings (SSSR count). The average Bonchev–Trinajstić information content (AvgIpc) is 2.96. The molecule has 2 saturated heterocycles. The molecular weight excluding hydrogens is 298 g/mol. The minimum Gasteiger partial charge on any atom is -0.375 e. The summed E-state index contributed by atoms with van der Waals surface area (Å²) < 4.78 is 7.15. The topological polar surface area (TPSA) is 88.5 Å². The van der Waals surface area contributed by atoms with Crippen molar-refractivity contribution in [2.24, 2.45) is 7.05 Å². The van der Waals surface area contributed by atoms with E-state index in [1.54, 1.807) is 22.0 Å². The van der Waals surface area contributed by atoms with Gasteiger partial charge in [-0.3, -0.25) is 14.3 Å². The van der Waals surface area contributed by atoms with Gasteiger partial charge in [0, 0.05) is 26.3 Å². The lowest BCUT2D eigenvalue weighted by Gasteiger charge is -2.34. The number of piperidine rings is 1. The van der Waals surface area contributed by atoms with Crippen LogP contribution >= 0.6 is 0 Å². The van der Waals surface area contributed by atoms with Crippen LogP contribution in [-0.4, -0.2) is 59.5 Å². The molecule has 1 aromatic heterocycles. The Labute approximate surface area is 135 Å². The molecule has 0 aliphatic carbocycles. The third-order valence-corrected chi connectivity index (χ3v) is 4.36. The van der Waals surface area contributed by atoms with Crippen molar-refractivity contribution in [3.63, 3.8) is 0 Å². The zero-order valence-corrected chi connectivity index (χ0v) is 13.5. The van der Waals surface area contributed by atoms with Gasteiger partial charge in [-0.1, -0.05) is 0 Å². The normalized spacial score (nSPS) is 28.7. The Morgan fingerprint density at radius 2 is 2.35 bits per heavy atom. The lowest BCUT2D eigenvalue weighted by atomic mass is 10.0. The SMILES string of the molecule is C[C@H]1OCCN[C@@H]1C(=O)NC1CCCN(c2cnn(C)c2)C1=O. The second kappa shape index (κ2) is 6.67. The number of morpholine rings is 1. The molecule has 8 heteroatoms. The second-order valence-electron chi connectivity index (χ2n) is 6.07. The van der Waals surface area contributed by atoms with Crippen LogP contribution in [0.5, 0.6) is 0 Å². The van der Waals surface area contributed by atoms with Crippen molar-refractivity contribution in [2.45, 2.75) is 38.0 Å². The highest BCUT2D eigenvalue weighted by atomic mass is 16.5. The summed E-state index contributed by atoms with van der Waals surface area (Å²) in [6.07, 6.45) is 4.78. The molecule has 0 radical (unpaired) electrons. The van der Waals surface area contributed by atoms with E-state index < -0.39 is 12.1 Å². The van der Waals surface area contributed by atoms with Crippen LogP contribution in [0.1, 0.15) is 19.8 Å². The first-order chi connectivity index (χ1) is 11.1. The molecule has 2 aliphatic heterocycles. The molecule has 8 nitrogen and oxygen atoms in total. The van der Waals surface area contributed by atoms with Crippen LogP contribution in [0.25, 0.3) is 0 Å². The number of amides is 2. The molecule has 23 heavy (non-hydrogen) atoms. The molecule has 0 bridgehead atoms. The van der Waals surface area contributed by atoms with Crippen LogP contribution < -0.4 is 15.5 Å². The highest BCUT2D eigenvalue weighted by Crippen LogP contribution is 2.20. The lowest BCUT2D eigenvalue weighted by molar-refractivity contribution is -0.133. The maximum absolute atomic E-state index is 12.7. The van der Waals surface area contributed by atoms with E-state index >= 15 is 0 Å². The van der Waals surface area contributed by atoms with Crippen LogP contribution in [0.15, 0.2) is 12.4 Å². The third kappa shape index (κ3) is 3.37. The Balaban J connectivity index is 1.65. The molecule has 126 valence electrons. The summed E-state index contributed by atoms with van der Waals surface area (Å²) in [7, 11) is 1.81. The summed E-state index contributed by atoms with van der Waals surface area (Å²) in [5, 5.41) is 10.1. The number of ether oxygens (including phenoxy) is 1. The number of nitrogens with zero attached hydrogens (tertiary/aromatic N) is 3. The fourth-order valence-electron chi connectivity index (χ4n) is 3.10. The van der Waals surface area contributed by atoms with Gasteiger partial charge >= 0.3 is 0 Å². The van der Waals surface area contributed by atoms with Crippen LogP contribution in [0.2, 0.25) is 0 Å². The molecule has 1 aromatic rings. The van der Waals surface area contributed by atoms with E-state index in [4.69, 9.17) is 4.74 Å². The fourth-order valence-corrected chi connectivity index (χ4v) is 3.10. The van der Waals surface area contributed by atoms with E-state index in [-0.39, 0.29) is 17.9 Å². The van der Waals surface area contributed by atoms with E-state index in [0.717, 1.165) is 12.1 Å². The molecule has 2 fully saturated rings. The van der Waals surface area contributed by atoms with E-state index in [1.807, 2.05) is 14.0 Å². The highest BCUT2D eigenvalue weighted by Gasteiger charge is 2.35. The first-order valence-electron chi connectivity index (χ1n) is 8.01. The van der Waals surface area contributed by atoms with Crippen LogP contribution in [-0.2, 0) is 21.4 Å². The lowest BCUT2D eigenvalue weighted by Crippen LogP contribution is -2.60. The standard InChI is InChI=1S/C15H23N5O3/c1-10-13(16-5-7-23-10)14(21)18-12-4-3-6-20(15(12)22)11-8-17-19(2)9-11/h8-10,12-13,16H,3-7H2,1-2H3,(H,18,21)/t10-,12?,13+/m1/s1. The van der Waals surface area contributed by atoms with Crippen molar-refractivity contribution in [2.75, 3.05) is 24.6 Å². The van der Waals surface area contributed by atoms with Gasteiger partial charge in [0.25, 0.3) is 0 Å². The Kier molecular flexibility index (Phi) is 4.63. The molecule has 0 spiro atoms. The summed E-state index contributed by atoms with van der Waals surface area (Å²) in [6.45, 7) is 3.75. The maximum Gasteiger partial charge on any atom is 0.249 e. The first-order valence-corrected chi connectivity index (χ1v) is 8.01. The van der Waals surface area contributed by atoms with Crippen LogP contribution in [0, 0.1) is 0 Å². The summed E-state index contributed by atoms with van der Waals surface area (Å²) in [4.78, 5) is 26.8. The van der Waals surface area contributed by atoms with Gasteiger partial charge in [-0.25, -0.2) is 0 Å². The predicted molar refractivity (Wildman–Crippen MR) is 83.9 cm³/mol. The molecule has 2 N–H and O–H groups in total. The molecular formula is C15H23N5O3. The minimum atomic E-state index is -0.493. The predicted octanol–water partition coefficient (Wildman–Crippen LogP) is -0.591. The van der Waals surface area contributed by atoms with Crippen molar-refractivity contribution in [1.29, 1.82) is 0 Å². The summed E-state index contributed by atoms with van der Waals surface area (Å²) in [6, 6.07) is -0.905. The van der Waals surface area contributed by atoms with Crippen molar-refractivity contribution < 1.29 is 14.3 Å². The number of rotatable bonds is 3. The first kappa shape index (κ1) is 15.9. The maximum atomic E-state index is 12.7. The van der Waals surface area contributed by atoms with E-state index in [9.17, 15) is 9.59 Å². The number of carbonyl (C=O) groups excluding carboxylic acids is 2. The van der Waals surface area contributed by atoms with Gasteiger partial charge in [-0.2, -0.15) is 5.10 Å². The van der Waals surface area contributed by atoms with E-state index in [2.05, 4.69) is 15.7 Å². The van der Waals surface area contributed by atoms with Crippen molar-refractivity contribution in [3.8, 4) is 0 Å². The molecule has 0 saturated carbocycles. The fraction of sp³-hybridized carbons (Fsp3) is 0.667. The van der Waals surface area contributed by atoms with E-state index in [1.165, 1.54) is 0 Å². The summed E-state index contributed by atoms with van der Waals surface area (Å²) in [5.41, 5.74) is 0.768. The van der Waals surface area contributed by atoms with E-state index in [0.29, 0.717) is 26.1 Å². The van der Waals surface area contributed by atoms with Gasteiger partial charge < -0.3 is 20.3 Å². The third-order valence-electron chi connectivity index (χ3n) is 4.36. The molecule has 3 heterocycles. The number of nitrogens with one attached hydrogen (secondary N) is 2. The Morgan fingerprint density at radius 3 is 3.04 bits per heavy atom. The molecule has 3 atom stereocenters. The number of hydrogen-bond donors (Lipinski definition) is 2. The van der Waals surface area contributed by atoms with Crippen LogP contribution in [0.4, 0.5) is 5.69 Å². The Hall–Kier alpha value is -1.93. The Bertz CT molecular complexity index is 587. The van der Waals surface area contributed by atoms with Gasteiger partial charge in [-0.05, 0) is 19.8 Å². The zero-order chi connectivity index (χ0) is 16.4. The number of carbonyl (C=O) groups is 2. The zero-order valence-electron chi connectivity index (χ0n) is 13.5. The number of aryl methyl sites for hydroxylation is 1. The van der Waals surface area contributed by atoms with Gasteiger partial charge in [0.1, 0.15) is 12.1 Å². The molecule has 2 aliphatic rings. The number of anilines is 1. The smallest absolute Gasteiger partial charge is 0.249 e. The summed E-state index contributed by atoms with van der Waals surface area (Å²) >= 11 is 0. The monoisotopic (exact) mass is 321 g/mol. The largest absolute Gasteiger partial charge is 0.375 e. The molecule has 2 amide bonds. The number of aromatic nitrogens is 2. The Morgan fingerprint density at radius 1 is 1.52 bits per heavy atom. The van der Waals surface area contributed by atoms with Crippen molar-refractivity contribution in [3.05, 3.63) is 12.4 Å². The van der Waals surface area contributed by atoms with Gasteiger partial charge in [0.05, 0.1) is 24.6 Å². The summed E-state index contributed by atoms with van der Waals surface area (Å²) in [5.74, 6) is -0.259. The van der Waals surface area contributed by atoms with Gasteiger partial charge in [0.15, 0.2) is 0 Å². The molecule has 1 unspecified atom stereocenters. The van der Waals surface area contributed by atoms with Gasteiger partial charge in [-0.15, -0.1) is 0 Å².